The first-order valence-electron chi connectivity index (χ1n) is 11.0. The van der Waals surface area contributed by atoms with Gasteiger partial charge in [0.15, 0.2) is 13.4 Å². The van der Waals surface area contributed by atoms with Crippen molar-refractivity contribution in [3.05, 3.63) is 58.9 Å². The Labute approximate surface area is 196 Å². The molecule has 3 aromatic rings. The van der Waals surface area contributed by atoms with Crippen molar-refractivity contribution in [3.8, 4) is 5.69 Å². The smallest absolute Gasteiger partial charge is 0.230 e. The Morgan fingerprint density at radius 3 is 2.62 bits per heavy atom. The molecule has 2 heterocycles. The summed E-state index contributed by atoms with van der Waals surface area (Å²) in [5.74, 6) is 0.310. The number of aromatic nitrogens is 3. The predicted octanol–water partition coefficient (Wildman–Crippen LogP) is 6.16. The molecule has 2 aromatic heterocycles. The van der Waals surface area contributed by atoms with Crippen molar-refractivity contribution >= 4 is 30.7 Å². The monoisotopic (exact) mass is 470 g/mol. The van der Waals surface area contributed by atoms with Crippen molar-refractivity contribution in [1.29, 1.82) is 0 Å². The average Bonchev–Trinajstić information content (AvgIpc) is 3.35. The van der Waals surface area contributed by atoms with E-state index in [1.165, 1.54) is 11.3 Å². The largest absolute Gasteiger partial charge is 0.413 e. The quantitative estimate of drug-likeness (QED) is 0.401. The first-order valence-corrected chi connectivity index (χ1v) is 14.7. The fourth-order valence-electron chi connectivity index (χ4n) is 2.82. The van der Waals surface area contributed by atoms with Crippen LogP contribution < -0.4 is 5.32 Å². The van der Waals surface area contributed by atoms with Crippen LogP contribution in [0.2, 0.25) is 18.1 Å². The van der Waals surface area contributed by atoms with Crippen molar-refractivity contribution in [2.75, 3.05) is 5.32 Å². The molecule has 32 heavy (non-hydrogen) atoms. The normalized spacial score (nSPS) is 12.4. The number of hydrogen-bond acceptors (Lipinski definition) is 5. The molecule has 1 amide bonds. The van der Waals surface area contributed by atoms with Gasteiger partial charge in [-0.2, -0.15) is 5.10 Å². The van der Waals surface area contributed by atoms with Crippen molar-refractivity contribution < 1.29 is 9.22 Å². The van der Waals surface area contributed by atoms with Gasteiger partial charge in [0.2, 0.25) is 5.91 Å². The minimum absolute atomic E-state index is 0.0919. The number of rotatable bonds is 8. The second kappa shape index (κ2) is 9.68. The lowest BCUT2D eigenvalue weighted by Gasteiger charge is -2.36. The topological polar surface area (TPSA) is 69.0 Å². The summed E-state index contributed by atoms with van der Waals surface area (Å²) in [6.45, 7) is 16.1. The molecule has 0 unspecified atom stereocenters. The molecule has 0 saturated carbocycles. The molecule has 0 atom stereocenters. The molecule has 0 saturated heterocycles. The number of hydrogen-bond donors (Lipinski definition) is 1. The lowest BCUT2D eigenvalue weighted by Crippen LogP contribution is -2.40. The van der Waals surface area contributed by atoms with Gasteiger partial charge in [0.05, 0.1) is 24.9 Å². The molecular weight excluding hydrogens is 436 g/mol. The Bertz CT molecular complexity index is 1070. The van der Waals surface area contributed by atoms with E-state index in [1.807, 2.05) is 24.5 Å². The molecule has 8 heteroatoms. The Hall–Kier alpha value is -2.29. The van der Waals surface area contributed by atoms with Crippen LogP contribution >= 0.6 is 11.3 Å². The molecule has 1 N–H and O–H groups in total. The van der Waals surface area contributed by atoms with Gasteiger partial charge in [-0.1, -0.05) is 46.8 Å². The fraction of sp³-hybridized carbons (Fsp3) is 0.458. The van der Waals surface area contributed by atoms with Crippen LogP contribution in [0.3, 0.4) is 0 Å². The highest BCUT2D eigenvalue weighted by molar-refractivity contribution is 7.15. The van der Waals surface area contributed by atoms with Gasteiger partial charge in [-0.3, -0.25) is 4.79 Å². The molecule has 0 spiro atoms. The van der Waals surface area contributed by atoms with E-state index >= 15 is 0 Å². The number of benzene rings is 1. The molecule has 0 aliphatic heterocycles. The van der Waals surface area contributed by atoms with Gasteiger partial charge in [0.25, 0.3) is 0 Å². The van der Waals surface area contributed by atoms with Crippen LogP contribution in [0.25, 0.3) is 5.69 Å². The van der Waals surface area contributed by atoms with Crippen molar-refractivity contribution in [2.45, 2.75) is 71.7 Å². The van der Waals surface area contributed by atoms with Crippen LogP contribution in [0.1, 0.15) is 56.5 Å². The molecule has 0 aliphatic carbocycles. The van der Waals surface area contributed by atoms with Crippen molar-refractivity contribution in [1.82, 2.24) is 14.8 Å². The molecule has 172 valence electrons. The van der Waals surface area contributed by atoms with Crippen LogP contribution in [0.5, 0.6) is 0 Å². The standard InChI is InChI=1S/C24H34N4O2SSi/c1-17(2)21-14-25-23(31-21)27-22(29)12-19-13-26-28(15-19)20-10-8-9-18(11-20)16-30-32(6,7)24(3,4)5/h8-11,13-15,17H,12,16H2,1-7H3,(H,25,27,29). The second-order valence-corrected chi connectivity index (χ2v) is 15.8. The van der Waals surface area contributed by atoms with Gasteiger partial charge >= 0.3 is 0 Å². The van der Waals surface area contributed by atoms with Crippen LogP contribution in [-0.2, 0) is 22.2 Å². The van der Waals surface area contributed by atoms with E-state index in [4.69, 9.17) is 4.43 Å². The number of nitrogens with one attached hydrogen (secondary N) is 1. The summed E-state index contributed by atoms with van der Waals surface area (Å²) in [6.07, 6.45) is 5.71. The Morgan fingerprint density at radius 2 is 1.97 bits per heavy atom. The SMILES string of the molecule is CC(C)c1cnc(NC(=O)Cc2cnn(-c3cccc(CO[Si](C)(C)C(C)(C)C)c3)c2)s1. The van der Waals surface area contributed by atoms with Crippen molar-refractivity contribution in [2.24, 2.45) is 0 Å². The minimum atomic E-state index is -1.81. The molecule has 0 bridgehead atoms. The summed E-state index contributed by atoms with van der Waals surface area (Å²) in [5, 5.41) is 8.16. The third-order valence-electron chi connectivity index (χ3n) is 5.92. The van der Waals surface area contributed by atoms with Gasteiger partial charge in [0.1, 0.15) is 0 Å². The van der Waals surface area contributed by atoms with E-state index in [-0.39, 0.29) is 17.4 Å². The van der Waals surface area contributed by atoms with E-state index < -0.39 is 8.32 Å². The maximum atomic E-state index is 12.4. The zero-order valence-corrected chi connectivity index (χ0v) is 21.9. The van der Waals surface area contributed by atoms with Crippen LogP contribution in [0.15, 0.2) is 42.9 Å². The Morgan fingerprint density at radius 1 is 1.22 bits per heavy atom. The van der Waals surface area contributed by atoms with Crippen LogP contribution in [0.4, 0.5) is 5.13 Å². The van der Waals surface area contributed by atoms with E-state index in [0.717, 1.165) is 21.7 Å². The number of carbonyl (C=O) groups is 1. The lowest BCUT2D eigenvalue weighted by atomic mass is 10.2. The first-order chi connectivity index (χ1) is 14.9. The minimum Gasteiger partial charge on any atom is -0.413 e. The number of carbonyl (C=O) groups excluding carboxylic acids is 1. The number of anilines is 1. The van der Waals surface area contributed by atoms with E-state index in [9.17, 15) is 4.79 Å². The Kier molecular flexibility index (Phi) is 7.37. The van der Waals surface area contributed by atoms with Gasteiger partial charge in [-0.15, -0.1) is 11.3 Å². The average molecular weight is 471 g/mol. The molecule has 6 nitrogen and oxygen atoms in total. The van der Waals surface area contributed by atoms with Gasteiger partial charge in [0, 0.05) is 17.3 Å². The zero-order valence-electron chi connectivity index (χ0n) is 20.1. The molecular formula is C24H34N4O2SSi. The van der Waals surface area contributed by atoms with Crippen LogP contribution in [-0.4, -0.2) is 29.0 Å². The summed E-state index contributed by atoms with van der Waals surface area (Å²) >= 11 is 1.52. The summed E-state index contributed by atoms with van der Waals surface area (Å²) in [5.41, 5.74) is 2.92. The van der Waals surface area contributed by atoms with E-state index in [1.54, 1.807) is 10.9 Å². The maximum absolute atomic E-state index is 12.4. The highest BCUT2D eigenvalue weighted by atomic mass is 32.1. The third kappa shape index (κ3) is 6.15. The molecule has 3 rings (SSSR count). The lowest BCUT2D eigenvalue weighted by molar-refractivity contribution is -0.115. The molecule has 0 radical (unpaired) electrons. The maximum Gasteiger partial charge on any atom is 0.230 e. The fourth-order valence-corrected chi connectivity index (χ4v) is 4.62. The summed E-state index contributed by atoms with van der Waals surface area (Å²) in [7, 11) is -1.81. The number of nitrogens with zero attached hydrogens (tertiary/aromatic N) is 3. The second-order valence-electron chi connectivity index (χ2n) is 9.96. The number of amides is 1. The Balaban J connectivity index is 1.62. The van der Waals surface area contributed by atoms with Crippen molar-refractivity contribution in [3.63, 3.8) is 0 Å². The van der Waals surface area contributed by atoms with Gasteiger partial charge < -0.3 is 9.74 Å². The zero-order chi connectivity index (χ0) is 23.5. The predicted molar refractivity (Wildman–Crippen MR) is 134 cm³/mol. The number of thiazole rings is 1. The summed E-state index contributed by atoms with van der Waals surface area (Å²) in [4.78, 5) is 17.9. The highest BCUT2D eigenvalue weighted by Crippen LogP contribution is 2.37. The van der Waals surface area contributed by atoms with Gasteiger partial charge in [-0.25, -0.2) is 9.67 Å². The highest BCUT2D eigenvalue weighted by Gasteiger charge is 2.37. The summed E-state index contributed by atoms with van der Waals surface area (Å²) in [6, 6.07) is 8.19. The molecule has 0 fully saturated rings. The van der Waals surface area contributed by atoms with E-state index in [0.29, 0.717) is 17.7 Å². The molecule has 1 aromatic carbocycles. The van der Waals surface area contributed by atoms with Crippen LogP contribution in [0, 0.1) is 0 Å². The van der Waals surface area contributed by atoms with Gasteiger partial charge in [-0.05, 0) is 47.3 Å². The first kappa shape index (κ1) is 24.4. The third-order valence-corrected chi connectivity index (χ3v) is 11.6. The summed E-state index contributed by atoms with van der Waals surface area (Å²) < 4.78 is 8.16. The van der Waals surface area contributed by atoms with E-state index in [2.05, 4.69) is 75.2 Å². The molecule has 0 aliphatic rings.